The third kappa shape index (κ3) is 5.25. The van der Waals surface area contributed by atoms with Gasteiger partial charge in [-0.15, -0.1) is 0 Å². The lowest BCUT2D eigenvalue weighted by Gasteiger charge is -2.35. The summed E-state index contributed by atoms with van der Waals surface area (Å²) in [6.45, 7) is 3.43. The Bertz CT molecular complexity index is 542. The Kier molecular flexibility index (Phi) is 7.09. The second kappa shape index (κ2) is 9.30. The smallest absolute Gasteiger partial charge is 0.232 e. The van der Waals surface area contributed by atoms with E-state index in [4.69, 9.17) is 4.74 Å². The number of rotatable bonds is 7. The van der Waals surface area contributed by atoms with E-state index >= 15 is 0 Å². The van der Waals surface area contributed by atoms with E-state index in [1.54, 1.807) is 7.11 Å². The van der Waals surface area contributed by atoms with Crippen molar-refractivity contribution < 1.29 is 14.3 Å². The molecule has 1 aromatic rings. The fraction of sp³-hybridized carbons (Fsp3) is 0.579. The Hall–Kier alpha value is -2.04. The zero-order valence-corrected chi connectivity index (χ0v) is 14.7. The van der Waals surface area contributed by atoms with Crippen molar-refractivity contribution in [1.29, 1.82) is 0 Å². The van der Waals surface area contributed by atoms with Crippen LogP contribution in [-0.4, -0.2) is 43.0 Å². The van der Waals surface area contributed by atoms with Crippen LogP contribution in [0.2, 0.25) is 0 Å². The van der Waals surface area contributed by atoms with Crippen LogP contribution < -0.4 is 10.1 Å². The molecule has 1 N–H and O–H groups in total. The van der Waals surface area contributed by atoms with Crippen LogP contribution >= 0.6 is 0 Å². The highest BCUT2D eigenvalue weighted by atomic mass is 16.5. The van der Waals surface area contributed by atoms with Crippen molar-refractivity contribution in [3.63, 3.8) is 0 Å². The molecule has 1 heterocycles. The number of hydrogen-bond acceptors (Lipinski definition) is 3. The Labute approximate surface area is 144 Å². The number of carbonyl (C=O) groups excluding carboxylic acids is 2. The van der Waals surface area contributed by atoms with Crippen molar-refractivity contribution in [1.82, 2.24) is 10.2 Å². The predicted octanol–water partition coefficient (Wildman–Crippen LogP) is 2.54. The molecule has 1 atom stereocenters. The Balaban J connectivity index is 1.73. The van der Waals surface area contributed by atoms with Gasteiger partial charge in [0, 0.05) is 19.1 Å². The lowest BCUT2D eigenvalue weighted by atomic mass is 9.99. The first-order valence-corrected chi connectivity index (χ1v) is 8.83. The maximum Gasteiger partial charge on any atom is 0.232 e. The van der Waals surface area contributed by atoms with Crippen molar-refractivity contribution in [3.05, 3.63) is 29.8 Å². The molecule has 1 fully saturated rings. The Morgan fingerprint density at radius 1 is 1.25 bits per heavy atom. The average Bonchev–Trinajstić information content (AvgIpc) is 2.62. The molecule has 1 aromatic carbocycles. The molecule has 0 radical (unpaired) electrons. The summed E-state index contributed by atoms with van der Waals surface area (Å²) in [5, 5.41) is 2.84. The normalized spacial score (nSPS) is 17.4. The summed E-state index contributed by atoms with van der Waals surface area (Å²) in [7, 11) is 1.64. The van der Waals surface area contributed by atoms with Crippen LogP contribution in [0.4, 0.5) is 0 Å². The molecule has 1 aliphatic rings. The molecule has 2 rings (SSSR count). The number of methoxy groups -OCH3 is 1. The van der Waals surface area contributed by atoms with Crippen LogP contribution in [0.3, 0.4) is 0 Å². The van der Waals surface area contributed by atoms with Crippen LogP contribution in [0.5, 0.6) is 5.75 Å². The van der Waals surface area contributed by atoms with Gasteiger partial charge in [-0.25, -0.2) is 0 Å². The van der Waals surface area contributed by atoms with E-state index in [2.05, 4.69) is 12.2 Å². The Morgan fingerprint density at radius 2 is 2.00 bits per heavy atom. The highest BCUT2D eigenvalue weighted by Crippen LogP contribution is 2.20. The van der Waals surface area contributed by atoms with Crippen molar-refractivity contribution in [2.75, 3.05) is 20.2 Å². The monoisotopic (exact) mass is 332 g/mol. The van der Waals surface area contributed by atoms with Crippen LogP contribution in [0.15, 0.2) is 24.3 Å². The molecule has 0 saturated carbocycles. The number of hydrogen-bond donors (Lipinski definition) is 1. The standard InChI is InChI=1S/C19H28N2O3/c1-3-16-6-4-5-13-21(16)19(23)14-18(22)20-12-11-15-7-9-17(24-2)10-8-15/h7-10,16H,3-6,11-14H2,1-2H3,(H,20,22). The molecular formula is C19H28N2O3. The number of amides is 2. The lowest BCUT2D eigenvalue weighted by molar-refractivity contribution is -0.139. The maximum absolute atomic E-state index is 12.3. The highest BCUT2D eigenvalue weighted by Gasteiger charge is 2.26. The van der Waals surface area contributed by atoms with E-state index in [9.17, 15) is 9.59 Å². The number of benzene rings is 1. The van der Waals surface area contributed by atoms with Crippen LogP contribution in [0.1, 0.15) is 44.6 Å². The fourth-order valence-electron chi connectivity index (χ4n) is 3.19. The molecular weight excluding hydrogens is 304 g/mol. The van der Waals surface area contributed by atoms with Gasteiger partial charge in [0.05, 0.1) is 7.11 Å². The van der Waals surface area contributed by atoms with Gasteiger partial charge >= 0.3 is 0 Å². The van der Waals surface area contributed by atoms with Gasteiger partial charge in [0.15, 0.2) is 0 Å². The summed E-state index contributed by atoms with van der Waals surface area (Å²) >= 11 is 0. The molecule has 24 heavy (non-hydrogen) atoms. The minimum Gasteiger partial charge on any atom is -0.497 e. The van der Waals surface area contributed by atoms with Gasteiger partial charge in [-0.2, -0.15) is 0 Å². The van der Waals surface area contributed by atoms with E-state index in [-0.39, 0.29) is 18.2 Å². The van der Waals surface area contributed by atoms with E-state index < -0.39 is 0 Å². The molecule has 0 aliphatic carbocycles. The molecule has 0 aromatic heterocycles. The summed E-state index contributed by atoms with van der Waals surface area (Å²) in [6.07, 6.45) is 4.94. The molecule has 1 saturated heterocycles. The molecule has 5 heteroatoms. The first-order valence-electron chi connectivity index (χ1n) is 8.83. The second-order valence-electron chi connectivity index (χ2n) is 6.27. The van der Waals surface area contributed by atoms with Crippen molar-refractivity contribution in [2.24, 2.45) is 0 Å². The highest BCUT2D eigenvalue weighted by molar-refractivity contribution is 5.97. The third-order valence-electron chi connectivity index (χ3n) is 4.63. The second-order valence-corrected chi connectivity index (χ2v) is 6.27. The first-order chi connectivity index (χ1) is 11.6. The van der Waals surface area contributed by atoms with Gasteiger partial charge in [-0.1, -0.05) is 19.1 Å². The average molecular weight is 332 g/mol. The topological polar surface area (TPSA) is 58.6 Å². The quantitative estimate of drug-likeness (QED) is 0.781. The number of nitrogens with one attached hydrogen (secondary N) is 1. The predicted molar refractivity (Wildman–Crippen MR) is 94.0 cm³/mol. The molecule has 2 amide bonds. The van der Waals surface area contributed by atoms with Crippen molar-refractivity contribution in [2.45, 2.75) is 51.5 Å². The van der Waals surface area contributed by atoms with Gasteiger partial charge in [0.2, 0.25) is 11.8 Å². The van der Waals surface area contributed by atoms with E-state index in [1.807, 2.05) is 29.2 Å². The van der Waals surface area contributed by atoms with E-state index in [0.29, 0.717) is 12.6 Å². The summed E-state index contributed by atoms with van der Waals surface area (Å²) in [4.78, 5) is 26.2. The van der Waals surface area contributed by atoms with Gasteiger partial charge in [-0.05, 0) is 49.8 Å². The first kappa shape index (κ1) is 18.3. The molecule has 0 bridgehead atoms. The number of ether oxygens (including phenoxy) is 1. The SMILES string of the molecule is CCC1CCCCN1C(=O)CC(=O)NCCc1ccc(OC)cc1. The zero-order chi connectivity index (χ0) is 17.4. The van der Waals surface area contributed by atoms with Crippen molar-refractivity contribution in [3.8, 4) is 5.75 Å². The number of piperidine rings is 1. The van der Waals surface area contributed by atoms with Crippen molar-refractivity contribution >= 4 is 11.8 Å². The third-order valence-corrected chi connectivity index (χ3v) is 4.63. The minimum atomic E-state index is -0.186. The largest absolute Gasteiger partial charge is 0.497 e. The molecule has 1 aliphatic heterocycles. The summed E-state index contributed by atoms with van der Waals surface area (Å²) in [5.41, 5.74) is 1.13. The Morgan fingerprint density at radius 3 is 2.67 bits per heavy atom. The maximum atomic E-state index is 12.3. The zero-order valence-electron chi connectivity index (χ0n) is 14.7. The molecule has 1 unspecified atom stereocenters. The van der Waals surface area contributed by atoms with Crippen LogP contribution in [0, 0.1) is 0 Å². The molecule has 132 valence electrons. The van der Waals surface area contributed by atoms with Gasteiger partial charge in [-0.3, -0.25) is 9.59 Å². The number of likely N-dealkylation sites (tertiary alicyclic amines) is 1. The van der Waals surface area contributed by atoms with Gasteiger partial charge in [0.25, 0.3) is 0 Å². The summed E-state index contributed by atoms with van der Waals surface area (Å²) in [6, 6.07) is 8.08. The molecule has 0 spiro atoms. The van der Waals surface area contributed by atoms with Crippen LogP contribution in [-0.2, 0) is 16.0 Å². The fourth-order valence-corrected chi connectivity index (χ4v) is 3.19. The lowest BCUT2D eigenvalue weighted by Crippen LogP contribution is -2.45. The minimum absolute atomic E-state index is 0.0384. The van der Waals surface area contributed by atoms with E-state index in [0.717, 1.165) is 43.5 Å². The van der Waals surface area contributed by atoms with E-state index in [1.165, 1.54) is 6.42 Å². The van der Waals surface area contributed by atoms with Crippen LogP contribution in [0.25, 0.3) is 0 Å². The molecule has 5 nitrogen and oxygen atoms in total. The number of nitrogens with zero attached hydrogens (tertiary/aromatic N) is 1. The summed E-state index contributed by atoms with van der Waals surface area (Å²) < 4.78 is 5.12. The number of carbonyl (C=O) groups is 2. The van der Waals surface area contributed by atoms with Gasteiger partial charge < -0.3 is 15.0 Å². The van der Waals surface area contributed by atoms with Gasteiger partial charge in [0.1, 0.15) is 12.2 Å². The summed E-state index contributed by atoms with van der Waals surface area (Å²) in [5.74, 6) is 0.595.